The fourth-order valence-corrected chi connectivity index (χ4v) is 6.94. The summed E-state index contributed by atoms with van der Waals surface area (Å²) >= 11 is 0. The molecule has 0 saturated carbocycles. The Kier molecular flexibility index (Phi) is 6.29. The molecule has 40 heavy (non-hydrogen) atoms. The van der Waals surface area contributed by atoms with E-state index in [1.807, 2.05) is 6.08 Å². The number of allylic oxidation sites excluding steroid dienone is 15. The van der Waals surface area contributed by atoms with E-state index in [1.54, 1.807) is 6.92 Å². The molecule has 0 aromatic rings. The molecule has 2 aliphatic carbocycles. The molecule has 5 nitrogen and oxygen atoms in total. The predicted octanol–water partition coefficient (Wildman–Crippen LogP) is 7.74. The zero-order valence-electron chi connectivity index (χ0n) is 24.3. The van der Waals surface area contributed by atoms with Gasteiger partial charge in [-0.1, -0.05) is 26.5 Å². The molecule has 0 amide bonds. The first-order chi connectivity index (χ1) is 19.1. The number of rotatable bonds is 5. The third-order valence-corrected chi connectivity index (χ3v) is 9.31. The van der Waals surface area contributed by atoms with Gasteiger partial charge in [-0.25, -0.2) is 9.98 Å². The maximum Gasteiger partial charge on any atom is 0.129 e. The summed E-state index contributed by atoms with van der Waals surface area (Å²) in [7, 11) is 0. The smallest absolute Gasteiger partial charge is 0.129 e. The second-order valence-corrected chi connectivity index (χ2v) is 11.6. The SMILES string of the molecule is C=CC1=C(C)C2=NC1=CC1=CC(=CC3=C(C)C4=C(O)CC(=C5NC(=C2)C(C)C5CCC(C)=O)C4=N3)C(CC)=C1C. The van der Waals surface area contributed by atoms with Gasteiger partial charge in [0, 0.05) is 52.8 Å². The fraction of sp³-hybridized carbons (Fsp3) is 0.343. The first-order valence-electron chi connectivity index (χ1n) is 14.3. The van der Waals surface area contributed by atoms with Crippen molar-refractivity contribution in [2.75, 3.05) is 0 Å². The Morgan fingerprint density at radius 3 is 2.58 bits per heavy atom. The second kappa shape index (κ2) is 9.58. The van der Waals surface area contributed by atoms with Crippen molar-refractivity contribution in [3.05, 3.63) is 116 Å². The maximum atomic E-state index is 12.0. The van der Waals surface area contributed by atoms with Crippen molar-refractivity contribution < 1.29 is 9.90 Å². The van der Waals surface area contributed by atoms with Gasteiger partial charge in [-0.15, -0.1) is 0 Å². The van der Waals surface area contributed by atoms with Crippen LogP contribution in [0.25, 0.3) is 0 Å². The Hall–Kier alpha value is -3.99. The number of ketones is 1. The van der Waals surface area contributed by atoms with Crippen LogP contribution in [0.3, 0.4) is 0 Å². The summed E-state index contributed by atoms with van der Waals surface area (Å²) in [4.78, 5) is 22.3. The lowest BCUT2D eigenvalue weighted by Gasteiger charge is -2.17. The molecule has 0 aromatic heterocycles. The number of hydrogen-bond donors (Lipinski definition) is 2. The molecule has 0 aromatic carbocycles. The average molecular weight is 532 g/mol. The highest BCUT2D eigenvalue weighted by Crippen LogP contribution is 2.46. The summed E-state index contributed by atoms with van der Waals surface area (Å²) in [5, 5.41) is 14.9. The third kappa shape index (κ3) is 3.94. The molecule has 8 bridgehead atoms. The standard InChI is InChI=1S/C35H37N3O2/c1-8-24-18(4)22-12-23(24)14-28-21(7)33-32(40)15-27(35(33)38-28)34-26(11-10-17(3)39)20(6)30(37-34)16-29-19(5)25(9-2)31(13-22)36-29/h9,12-14,16,20,26,37,40H,2,8,10-11,15H2,1,3-7H3. The van der Waals surface area contributed by atoms with Gasteiger partial charge in [0.15, 0.2) is 0 Å². The Morgan fingerprint density at radius 2 is 1.88 bits per heavy atom. The molecule has 2 unspecified atom stereocenters. The molecule has 6 rings (SSSR count). The summed E-state index contributed by atoms with van der Waals surface area (Å²) in [6.45, 7) is 16.5. The van der Waals surface area contributed by atoms with Crippen LogP contribution in [-0.4, -0.2) is 22.3 Å². The monoisotopic (exact) mass is 531 g/mol. The van der Waals surface area contributed by atoms with Gasteiger partial charge in [-0.2, -0.15) is 0 Å². The summed E-state index contributed by atoms with van der Waals surface area (Å²) in [6, 6.07) is 0. The predicted molar refractivity (Wildman–Crippen MR) is 163 cm³/mol. The molecule has 6 aliphatic rings. The van der Waals surface area contributed by atoms with Gasteiger partial charge in [0.1, 0.15) is 11.5 Å². The number of fused-ring (bicyclic) bond motifs is 5. The topological polar surface area (TPSA) is 74.1 Å². The largest absolute Gasteiger partial charge is 0.511 e. The van der Waals surface area contributed by atoms with Crippen molar-refractivity contribution in [2.24, 2.45) is 21.8 Å². The molecular weight excluding hydrogens is 494 g/mol. The lowest BCUT2D eigenvalue weighted by Crippen LogP contribution is -2.15. The summed E-state index contributed by atoms with van der Waals surface area (Å²) in [6.07, 6.45) is 13.3. The molecule has 1 fully saturated rings. The molecule has 2 atom stereocenters. The van der Waals surface area contributed by atoms with E-state index in [-0.39, 0.29) is 17.6 Å². The number of aliphatic hydroxyl groups excluding tert-OH is 1. The number of aliphatic imine (C=N–C) groups is 2. The third-order valence-electron chi connectivity index (χ3n) is 9.31. The van der Waals surface area contributed by atoms with E-state index >= 15 is 0 Å². The number of hydrogen-bond acceptors (Lipinski definition) is 5. The van der Waals surface area contributed by atoms with Crippen LogP contribution in [0.1, 0.15) is 67.2 Å². The molecule has 1 saturated heterocycles. The Balaban J connectivity index is 1.62. The van der Waals surface area contributed by atoms with Crippen LogP contribution in [0.15, 0.2) is 126 Å². The average Bonchev–Trinajstić information content (AvgIpc) is 3.65. The van der Waals surface area contributed by atoms with Crippen molar-refractivity contribution in [3.8, 4) is 0 Å². The maximum absolute atomic E-state index is 12.0. The molecule has 5 heteroatoms. The van der Waals surface area contributed by atoms with Crippen LogP contribution in [-0.2, 0) is 4.79 Å². The minimum Gasteiger partial charge on any atom is -0.511 e. The molecule has 4 aliphatic heterocycles. The van der Waals surface area contributed by atoms with Gasteiger partial charge in [-0.3, -0.25) is 0 Å². The quantitative estimate of drug-likeness (QED) is 0.381. The van der Waals surface area contributed by atoms with Gasteiger partial charge in [-0.05, 0) is 98.3 Å². The lowest BCUT2D eigenvalue weighted by atomic mass is 9.85. The van der Waals surface area contributed by atoms with Crippen LogP contribution >= 0.6 is 0 Å². The summed E-state index contributed by atoms with van der Waals surface area (Å²) in [5.41, 5.74) is 15.7. The minimum absolute atomic E-state index is 0.121. The van der Waals surface area contributed by atoms with Crippen molar-refractivity contribution in [2.45, 2.75) is 67.2 Å². The van der Waals surface area contributed by atoms with Crippen LogP contribution in [0.4, 0.5) is 0 Å². The highest BCUT2D eigenvalue weighted by Gasteiger charge is 2.41. The second-order valence-electron chi connectivity index (χ2n) is 11.6. The van der Waals surface area contributed by atoms with Crippen molar-refractivity contribution >= 4 is 17.2 Å². The highest BCUT2D eigenvalue weighted by atomic mass is 16.3. The number of nitrogens with zero attached hydrogens (tertiary/aromatic N) is 2. The Bertz CT molecular complexity index is 1650. The zero-order chi connectivity index (χ0) is 28.5. The van der Waals surface area contributed by atoms with Crippen molar-refractivity contribution in [1.82, 2.24) is 5.32 Å². The van der Waals surface area contributed by atoms with E-state index in [0.29, 0.717) is 18.6 Å². The van der Waals surface area contributed by atoms with Crippen LogP contribution in [0.5, 0.6) is 0 Å². The van der Waals surface area contributed by atoms with Crippen molar-refractivity contribution in [1.29, 1.82) is 0 Å². The fourth-order valence-electron chi connectivity index (χ4n) is 6.94. The van der Waals surface area contributed by atoms with Gasteiger partial charge in [0.05, 0.1) is 22.8 Å². The number of aliphatic hydroxyl groups is 1. The zero-order valence-corrected chi connectivity index (χ0v) is 24.3. The van der Waals surface area contributed by atoms with E-state index in [9.17, 15) is 9.90 Å². The van der Waals surface area contributed by atoms with E-state index in [1.165, 1.54) is 11.1 Å². The Labute approximate surface area is 237 Å². The molecule has 204 valence electrons. The van der Waals surface area contributed by atoms with E-state index < -0.39 is 0 Å². The molecule has 4 heterocycles. The van der Waals surface area contributed by atoms with Crippen LogP contribution in [0.2, 0.25) is 0 Å². The number of carbonyl (C=O) groups is 1. The first kappa shape index (κ1) is 26.2. The van der Waals surface area contributed by atoms with Crippen LogP contribution in [0, 0.1) is 11.8 Å². The number of carbonyl (C=O) groups excluding carboxylic acids is 1. The number of Topliss-reactive ketones (excluding diaryl/α,β-unsaturated/α-hetero) is 1. The van der Waals surface area contributed by atoms with Crippen LogP contribution < -0.4 is 5.32 Å². The summed E-state index contributed by atoms with van der Waals surface area (Å²) in [5.74, 6) is 0.842. The molecule has 0 radical (unpaired) electrons. The molecular formula is C35H37N3O2. The van der Waals surface area contributed by atoms with E-state index in [0.717, 1.165) is 86.1 Å². The van der Waals surface area contributed by atoms with Crippen molar-refractivity contribution in [3.63, 3.8) is 0 Å². The van der Waals surface area contributed by atoms with Gasteiger partial charge >= 0.3 is 0 Å². The number of nitrogens with one attached hydrogen (secondary N) is 1. The normalized spacial score (nSPS) is 25.4. The molecule has 2 N–H and O–H groups in total. The van der Waals surface area contributed by atoms with Gasteiger partial charge in [0.2, 0.25) is 0 Å². The first-order valence-corrected chi connectivity index (χ1v) is 14.3. The van der Waals surface area contributed by atoms with Gasteiger partial charge < -0.3 is 15.2 Å². The van der Waals surface area contributed by atoms with E-state index in [4.69, 9.17) is 9.98 Å². The van der Waals surface area contributed by atoms with E-state index in [2.05, 4.69) is 70.8 Å². The minimum atomic E-state index is 0.121. The molecule has 0 spiro atoms. The van der Waals surface area contributed by atoms with Gasteiger partial charge in [0.25, 0.3) is 0 Å². The highest BCUT2D eigenvalue weighted by molar-refractivity contribution is 6.21. The lowest BCUT2D eigenvalue weighted by molar-refractivity contribution is -0.117. The summed E-state index contributed by atoms with van der Waals surface area (Å²) < 4.78 is 0. The Morgan fingerprint density at radius 1 is 1.10 bits per heavy atom.